The molecule has 0 bridgehead atoms. The molecule has 0 atom stereocenters. The van der Waals surface area contributed by atoms with Gasteiger partial charge >= 0.3 is 5.97 Å². The maximum atomic E-state index is 11.8. The van der Waals surface area contributed by atoms with Crippen LogP contribution in [0.15, 0.2) is 18.2 Å². The molecule has 0 fully saturated rings. The zero-order valence-electron chi connectivity index (χ0n) is 11.7. The Hall–Kier alpha value is -2.37. The molecule has 20 heavy (non-hydrogen) atoms. The number of carbonyl (C=O) groups is 3. The summed E-state index contributed by atoms with van der Waals surface area (Å²) in [6, 6.07) is 4.77. The number of nitrogens with two attached hydrogens (primary N) is 1. The van der Waals surface area contributed by atoms with E-state index < -0.39 is 23.2 Å². The number of carbonyl (C=O) groups excluding carboxylic acids is 2. The molecule has 0 aromatic heterocycles. The summed E-state index contributed by atoms with van der Waals surface area (Å²) in [5.41, 5.74) is 5.52. The van der Waals surface area contributed by atoms with Crippen LogP contribution in [0.1, 0.15) is 36.2 Å². The third-order valence-corrected chi connectivity index (χ3v) is 2.97. The van der Waals surface area contributed by atoms with Gasteiger partial charge in [-0.1, -0.05) is 6.07 Å². The van der Waals surface area contributed by atoms with E-state index in [1.807, 2.05) is 0 Å². The molecule has 0 saturated carbocycles. The average Bonchev–Trinajstić information content (AvgIpc) is 2.30. The summed E-state index contributed by atoms with van der Waals surface area (Å²) in [6.45, 7) is 4.68. The van der Waals surface area contributed by atoms with Crippen LogP contribution in [-0.4, -0.2) is 22.9 Å². The van der Waals surface area contributed by atoms with Gasteiger partial charge in [-0.05, 0) is 38.5 Å². The Kier molecular flexibility index (Phi) is 4.49. The third-order valence-electron chi connectivity index (χ3n) is 2.97. The van der Waals surface area contributed by atoms with Crippen LogP contribution in [0.2, 0.25) is 0 Å². The molecule has 0 aliphatic heterocycles. The summed E-state index contributed by atoms with van der Waals surface area (Å²) in [7, 11) is 0. The molecular weight excluding hydrogens is 260 g/mol. The lowest BCUT2D eigenvalue weighted by molar-refractivity contribution is -0.148. The highest BCUT2D eigenvalue weighted by atomic mass is 16.4. The summed E-state index contributed by atoms with van der Waals surface area (Å²) < 4.78 is 0. The second kappa shape index (κ2) is 5.73. The normalized spacial score (nSPS) is 10.9. The second-order valence-electron chi connectivity index (χ2n) is 5.31. The fraction of sp³-hybridized carbons (Fsp3) is 0.357. The van der Waals surface area contributed by atoms with Crippen molar-refractivity contribution >= 4 is 23.5 Å². The summed E-state index contributed by atoms with van der Waals surface area (Å²) in [4.78, 5) is 34.0. The number of rotatable bonds is 5. The number of carboxylic acid groups (broad SMARTS) is 1. The fourth-order valence-electron chi connectivity index (χ4n) is 1.65. The predicted molar refractivity (Wildman–Crippen MR) is 74.4 cm³/mol. The average molecular weight is 278 g/mol. The number of anilines is 1. The molecule has 0 spiro atoms. The van der Waals surface area contributed by atoms with Crippen LogP contribution in [0.3, 0.4) is 0 Å². The number of hydrogen-bond donors (Lipinski definition) is 3. The maximum absolute atomic E-state index is 11.8. The molecule has 0 heterocycles. The zero-order valence-corrected chi connectivity index (χ0v) is 11.7. The molecule has 0 aliphatic rings. The lowest BCUT2D eigenvalue weighted by Gasteiger charge is -2.18. The van der Waals surface area contributed by atoms with Crippen molar-refractivity contribution in [2.45, 2.75) is 27.2 Å². The van der Waals surface area contributed by atoms with Gasteiger partial charge in [0.2, 0.25) is 11.8 Å². The zero-order chi connectivity index (χ0) is 15.5. The Morgan fingerprint density at radius 1 is 1.30 bits per heavy atom. The van der Waals surface area contributed by atoms with Gasteiger partial charge in [0, 0.05) is 17.7 Å². The number of aryl methyl sites for hydroxylation is 1. The Morgan fingerprint density at radius 2 is 1.90 bits per heavy atom. The van der Waals surface area contributed by atoms with Gasteiger partial charge in [0.25, 0.3) is 0 Å². The maximum Gasteiger partial charge on any atom is 0.309 e. The lowest BCUT2D eigenvalue weighted by atomic mass is 9.89. The number of amides is 2. The van der Waals surface area contributed by atoms with Gasteiger partial charge in [0.1, 0.15) is 0 Å². The van der Waals surface area contributed by atoms with E-state index in [0.717, 1.165) is 0 Å². The monoisotopic (exact) mass is 278 g/mol. The topological polar surface area (TPSA) is 109 Å². The molecule has 1 rings (SSSR count). The SMILES string of the molecule is Cc1ccc(NC(=O)CC(C)(C)C(=O)O)cc1C(N)=O. The Morgan fingerprint density at radius 3 is 2.40 bits per heavy atom. The second-order valence-corrected chi connectivity index (χ2v) is 5.31. The van der Waals surface area contributed by atoms with E-state index in [-0.39, 0.29) is 6.42 Å². The van der Waals surface area contributed by atoms with E-state index in [4.69, 9.17) is 10.8 Å². The van der Waals surface area contributed by atoms with Crippen LogP contribution >= 0.6 is 0 Å². The minimum absolute atomic E-state index is 0.165. The molecule has 6 heteroatoms. The first-order chi connectivity index (χ1) is 9.13. The number of hydrogen-bond acceptors (Lipinski definition) is 3. The molecule has 6 nitrogen and oxygen atoms in total. The quantitative estimate of drug-likeness (QED) is 0.758. The first-order valence-electron chi connectivity index (χ1n) is 6.07. The summed E-state index contributed by atoms with van der Waals surface area (Å²) in [5, 5.41) is 11.5. The van der Waals surface area contributed by atoms with Gasteiger partial charge in [-0.15, -0.1) is 0 Å². The Balaban J connectivity index is 2.84. The highest BCUT2D eigenvalue weighted by molar-refractivity contribution is 5.98. The molecule has 1 aromatic rings. The smallest absolute Gasteiger partial charge is 0.309 e. The van der Waals surface area contributed by atoms with Crippen molar-refractivity contribution < 1.29 is 19.5 Å². The molecule has 108 valence electrons. The van der Waals surface area contributed by atoms with Crippen molar-refractivity contribution in [1.82, 2.24) is 0 Å². The van der Waals surface area contributed by atoms with Crippen LogP contribution in [0.5, 0.6) is 0 Å². The fourth-order valence-corrected chi connectivity index (χ4v) is 1.65. The van der Waals surface area contributed by atoms with Crippen LogP contribution < -0.4 is 11.1 Å². The summed E-state index contributed by atoms with van der Waals surface area (Å²) in [6.07, 6.45) is -0.165. The van der Waals surface area contributed by atoms with Crippen molar-refractivity contribution in [2.24, 2.45) is 11.1 Å². The van der Waals surface area contributed by atoms with E-state index in [2.05, 4.69) is 5.32 Å². The van der Waals surface area contributed by atoms with Crippen molar-refractivity contribution in [2.75, 3.05) is 5.32 Å². The minimum atomic E-state index is -1.15. The van der Waals surface area contributed by atoms with Gasteiger partial charge in [-0.25, -0.2) is 0 Å². The number of primary amides is 1. The van der Waals surface area contributed by atoms with Crippen molar-refractivity contribution in [3.05, 3.63) is 29.3 Å². The van der Waals surface area contributed by atoms with Crippen molar-refractivity contribution in [3.63, 3.8) is 0 Å². The Bertz CT molecular complexity index is 564. The van der Waals surface area contributed by atoms with Crippen molar-refractivity contribution in [3.8, 4) is 0 Å². The van der Waals surface area contributed by atoms with Crippen molar-refractivity contribution in [1.29, 1.82) is 0 Å². The van der Waals surface area contributed by atoms with E-state index in [9.17, 15) is 14.4 Å². The standard InChI is InChI=1S/C14H18N2O4/c1-8-4-5-9(6-10(8)12(15)18)16-11(17)7-14(2,3)13(19)20/h4-6H,7H2,1-3H3,(H2,15,18)(H,16,17)(H,19,20). The Labute approximate surface area is 117 Å². The van der Waals surface area contributed by atoms with E-state index in [1.165, 1.54) is 19.9 Å². The van der Waals surface area contributed by atoms with Gasteiger partial charge < -0.3 is 16.2 Å². The molecule has 4 N–H and O–H groups in total. The first kappa shape index (κ1) is 15.7. The molecular formula is C14H18N2O4. The molecule has 2 amide bonds. The first-order valence-corrected chi connectivity index (χ1v) is 6.07. The van der Waals surface area contributed by atoms with Gasteiger partial charge in [-0.3, -0.25) is 14.4 Å². The minimum Gasteiger partial charge on any atom is -0.481 e. The highest BCUT2D eigenvalue weighted by Gasteiger charge is 2.30. The lowest BCUT2D eigenvalue weighted by Crippen LogP contribution is -2.29. The van der Waals surface area contributed by atoms with Gasteiger partial charge in [-0.2, -0.15) is 0 Å². The van der Waals surface area contributed by atoms with E-state index in [0.29, 0.717) is 16.8 Å². The van der Waals surface area contributed by atoms with Gasteiger partial charge in [0.05, 0.1) is 5.41 Å². The third kappa shape index (κ3) is 3.81. The van der Waals surface area contributed by atoms with E-state index in [1.54, 1.807) is 19.1 Å². The summed E-state index contributed by atoms with van der Waals surface area (Å²) in [5.74, 6) is -2.06. The number of carboxylic acids is 1. The number of aliphatic carboxylic acids is 1. The molecule has 0 unspecified atom stereocenters. The largest absolute Gasteiger partial charge is 0.481 e. The molecule has 0 radical (unpaired) electrons. The van der Waals surface area contributed by atoms with Crippen LogP contribution in [0.25, 0.3) is 0 Å². The summed E-state index contributed by atoms with van der Waals surface area (Å²) >= 11 is 0. The van der Waals surface area contributed by atoms with E-state index >= 15 is 0 Å². The number of benzene rings is 1. The van der Waals surface area contributed by atoms with Crippen LogP contribution in [0, 0.1) is 12.3 Å². The molecule has 0 aliphatic carbocycles. The van der Waals surface area contributed by atoms with Gasteiger partial charge in [0.15, 0.2) is 0 Å². The predicted octanol–water partition coefficient (Wildman–Crippen LogP) is 1.53. The molecule has 1 aromatic carbocycles. The number of nitrogens with one attached hydrogen (secondary N) is 1. The van der Waals surface area contributed by atoms with Crippen LogP contribution in [-0.2, 0) is 9.59 Å². The highest BCUT2D eigenvalue weighted by Crippen LogP contribution is 2.22. The molecule has 0 saturated heterocycles. The van der Waals surface area contributed by atoms with Crippen LogP contribution in [0.4, 0.5) is 5.69 Å².